The fraction of sp³-hybridized carbons (Fsp3) is 0.375. The Morgan fingerprint density at radius 2 is 2.40 bits per heavy atom. The van der Waals surface area contributed by atoms with Crippen LogP contribution in [0.4, 0.5) is 0 Å². The van der Waals surface area contributed by atoms with Crippen LogP contribution >= 0.6 is 0 Å². The van der Waals surface area contributed by atoms with Gasteiger partial charge in [-0.15, -0.1) is 0 Å². The predicted molar refractivity (Wildman–Crippen MR) is 40.5 cm³/mol. The highest BCUT2D eigenvalue weighted by molar-refractivity contribution is 5.86. The second kappa shape index (κ2) is 3.20. The van der Waals surface area contributed by atoms with Crippen molar-refractivity contribution < 1.29 is 4.79 Å². The number of carbonyl (C=O) groups excluding carboxylic acids is 1. The number of carbonyl (C=O) groups is 1. The number of hydrogen-bond donors (Lipinski definition) is 1. The molecule has 0 spiro atoms. The molecule has 1 heterocycles. The van der Waals surface area contributed by atoms with Gasteiger partial charge in [0.05, 0.1) is 0 Å². The maximum Gasteiger partial charge on any atom is 0.158 e. The molecule has 1 N–H and O–H groups in total. The highest BCUT2D eigenvalue weighted by atomic mass is 16.1. The molecule has 1 unspecified atom stereocenters. The smallest absolute Gasteiger partial charge is 0.158 e. The van der Waals surface area contributed by atoms with Gasteiger partial charge in [-0.2, -0.15) is 0 Å². The van der Waals surface area contributed by atoms with Crippen LogP contribution in [0.2, 0.25) is 0 Å². The first-order valence-corrected chi connectivity index (χ1v) is 3.46. The van der Waals surface area contributed by atoms with Crippen LogP contribution in [0.3, 0.4) is 0 Å². The van der Waals surface area contributed by atoms with Gasteiger partial charge in [0.15, 0.2) is 5.78 Å². The first-order valence-electron chi connectivity index (χ1n) is 3.46. The van der Waals surface area contributed by atoms with Gasteiger partial charge < -0.3 is 5.32 Å². The summed E-state index contributed by atoms with van der Waals surface area (Å²) in [6.07, 6.45) is 8.01. The summed E-state index contributed by atoms with van der Waals surface area (Å²) in [5.41, 5.74) is 0. The topological polar surface area (TPSA) is 29.1 Å². The minimum atomic E-state index is -0.0880. The lowest BCUT2D eigenvalue weighted by molar-refractivity contribution is -0.119. The van der Waals surface area contributed by atoms with Gasteiger partial charge in [-0.05, 0) is 12.3 Å². The molecule has 1 aliphatic rings. The summed E-state index contributed by atoms with van der Waals surface area (Å²) in [7, 11) is 0. The number of nitrogens with one attached hydrogen (secondary N) is 1. The minimum absolute atomic E-state index is 0.0880. The Labute approximate surface area is 60.6 Å². The molecule has 10 heavy (non-hydrogen) atoms. The number of allylic oxidation sites excluding steroid dienone is 2. The van der Waals surface area contributed by atoms with E-state index in [1.807, 2.05) is 25.2 Å². The molecule has 0 aromatic heterocycles. The molecule has 0 saturated heterocycles. The minimum Gasteiger partial charge on any atom is -0.378 e. The molecule has 0 bridgehead atoms. The molecule has 1 aliphatic heterocycles. The average molecular weight is 137 g/mol. The lowest BCUT2D eigenvalue weighted by atomic mass is 10.1. The van der Waals surface area contributed by atoms with E-state index in [0.717, 1.165) is 0 Å². The van der Waals surface area contributed by atoms with Crippen LogP contribution in [0, 0.1) is 0 Å². The van der Waals surface area contributed by atoms with Crippen molar-refractivity contribution in [2.45, 2.75) is 19.4 Å². The highest BCUT2D eigenvalue weighted by Crippen LogP contribution is 1.97. The number of ketones is 1. The summed E-state index contributed by atoms with van der Waals surface area (Å²) >= 11 is 0. The van der Waals surface area contributed by atoms with Gasteiger partial charge in [-0.25, -0.2) is 0 Å². The van der Waals surface area contributed by atoms with Crippen LogP contribution in [-0.4, -0.2) is 11.8 Å². The Morgan fingerprint density at radius 3 is 2.90 bits per heavy atom. The second-order valence-corrected chi connectivity index (χ2v) is 2.21. The standard InChI is InChI=1S/C8H11NO/c1-2-8(10)7-5-3-4-6-9-7/h3-7,9H,2H2,1H3. The van der Waals surface area contributed by atoms with E-state index in [-0.39, 0.29) is 11.8 Å². The Kier molecular flexibility index (Phi) is 2.26. The van der Waals surface area contributed by atoms with Crippen molar-refractivity contribution in [1.29, 1.82) is 0 Å². The molecule has 0 radical (unpaired) electrons. The summed E-state index contributed by atoms with van der Waals surface area (Å²) < 4.78 is 0. The van der Waals surface area contributed by atoms with Crippen molar-refractivity contribution >= 4 is 5.78 Å². The number of hydrogen-bond acceptors (Lipinski definition) is 2. The second-order valence-electron chi connectivity index (χ2n) is 2.21. The van der Waals surface area contributed by atoms with Crippen molar-refractivity contribution in [3.05, 3.63) is 24.4 Å². The monoisotopic (exact) mass is 137 g/mol. The predicted octanol–water partition coefficient (Wildman–Crippen LogP) is 1.01. The van der Waals surface area contributed by atoms with E-state index in [1.165, 1.54) is 0 Å². The first kappa shape index (κ1) is 7.06. The summed E-state index contributed by atoms with van der Waals surface area (Å²) in [6, 6.07) is -0.0880. The zero-order valence-corrected chi connectivity index (χ0v) is 6.00. The Morgan fingerprint density at radius 1 is 1.60 bits per heavy atom. The molecule has 2 nitrogen and oxygen atoms in total. The van der Waals surface area contributed by atoms with E-state index in [1.54, 1.807) is 6.20 Å². The number of Topliss-reactive ketones (excluding diaryl/α,β-unsaturated/α-hetero) is 1. The zero-order chi connectivity index (χ0) is 7.40. The fourth-order valence-electron chi connectivity index (χ4n) is 0.866. The normalized spacial score (nSPS) is 22.3. The molecule has 0 amide bonds. The SMILES string of the molecule is CCC(=O)C1C=CC=CN1. The van der Waals surface area contributed by atoms with Crippen LogP contribution in [0.15, 0.2) is 24.4 Å². The van der Waals surface area contributed by atoms with E-state index >= 15 is 0 Å². The van der Waals surface area contributed by atoms with Gasteiger partial charge in [-0.3, -0.25) is 4.79 Å². The van der Waals surface area contributed by atoms with Crippen molar-refractivity contribution in [2.24, 2.45) is 0 Å². The third kappa shape index (κ3) is 1.47. The Bertz CT molecular complexity index is 182. The van der Waals surface area contributed by atoms with E-state index in [9.17, 15) is 4.79 Å². The van der Waals surface area contributed by atoms with Crippen LogP contribution in [-0.2, 0) is 4.79 Å². The third-order valence-corrected chi connectivity index (χ3v) is 1.48. The number of rotatable bonds is 2. The van der Waals surface area contributed by atoms with Crippen LogP contribution in [0.25, 0.3) is 0 Å². The van der Waals surface area contributed by atoms with Crippen LogP contribution in [0.1, 0.15) is 13.3 Å². The first-order chi connectivity index (χ1) is 4.84. The molecule has 0 saturated carbocycles. The average Bonchev–Trinajstić information content (AvgIpc) is 2.05. The van der Waals surface area contributed by atoms with Gasteiger partial charge in [0.2, 0.25) is 0 Å². The molecule has 1 atom stereocenters. The van der Waals surface area contributed by atoms with Gasteiger partial charge in [0.1, 0.15) is 6.04 Å². The van der Waals surface area contributed by atoms with Crippen LogP contribution < -0.4 is 5.32 Å². The third-order valence-electron chi connectivity index (χ3n) is 1.48. The molecule has 0 fully saturated rings. The zero-order valence-electron chi connectivity index (χ0n) is 6.00. The largest absolute Gasteiger partial charge is 0.378 e. The molecule has 1 rings (SSSR count). The van der Waals surface area contributed by atoms with E-state index in [0.29, 0.717) is 6.42 Å². The van der Waals surface area contributed by atoms with Gasteiger partial charge in [0.25, 0.3) is 0 Å². The summed E-state index contributed by atoms with van der Waals surface area (Å²) in [6.45, 7) is 1.87. The fourth-order valence-corrected chi connectivity index (χ4v) is 0.866. The summed E-state index contributed by atoms with van der Waals surface area (Å²) in [5.74, 6) is 0.237. The van der Waals surface area contributed by atoms with Gasteiger partial charge in [0, 0.05) is 6.42 Å². The molecule has 54 valence electrons. The van der Waals surface area contributed by atoms with Crippen molar-refractivity contribution in [1.82, 2.24) is 5.32 Å². The van der Waals surface area contributed by atoms with Crippen molar-refractivity contribution in [3.8, 4) is 0 Å². The summed E-state index contributed by atoms with van der Waals surface area (Å²) in [4.78, 5) is 11.0. The molecular formula is C8H11NO. The van der Waals surface area contributed by atoms with Crippen LogP contribution in [0.5, 0.6) is 0 Å². The Balaban J connectivity index is 2.51. The molecular weight excluding hydrogens is 126 g/mol. The molecule has 0 aromatic rings. The lowest BCUT2D eigenvalue weighted by Crippen LogP contribution is -2.31. The molecule has 0 aromatic carbocycles. The van der Waals surface area contributed by atoms with Crippen molar-refractivity contribution in [3.63, 3.8) is 0 Å². The lowest BCUT2D eigenvalue weighted by Gasteiger charge is -2.12. The van der Waals surface area contributed by atoms with E-state index < -0.39 is 0 Å². The molecule has 0 aliphatic carbocycles. The summed E-state index contributed by atoms with van der Waals surface area (Å²) in [5, 5.41) is 2.95. The van der Waals surface area contributed by atoms with Gasteiger partial charge in [-0.1, -0.05) is 19.1 Å². The van der Waals surface area contributed by atoms with Gasteiger partial charge >= 0.3 is 0 Å². The van der Waals surface area contributed by atoms with E-state index in [2.05, 4.69) is 5.32 Å². The molecule has 2 heteroatoms. The Hall–Kier alpha value is -1.05. The maximum absolute atomic E-state index is 11.0. The quantitative estimate of drug-likeness (QED) is 0.615. The van der Waals surface area contributed by atoms with E-state index in [4.69, 9.17) is 0 Å². The maximum atomic E-state index is 11.0. The number of dihydropyridines is 1. The highest BCUT2D eigenvalue weighted by Gasteiger charge is 2.11. The van der Waals surface area contributed by atoms with Crippen molar-refractivity contribution in [2.75, 3.05) is 0 Å².